The number of aromatic nitrogens is 6. The molecule has 604 valence electrons. The van der Waals surface area contributed by atoms with E-state index in [2.05, 4.69) is 84.1 Å². The van der Waals surface area contributed by atoms with Crippen molar-refractivity contribution in [2.75, 3.05) is 37.2 Å². The number of amides is 4. The average Bonchev–Trinajstić information content (AvgIpc) is 1.62. The van der Waals surface area contributed by atoms with Gasteiger partial charge in [0, 0.05) is 96.3 Å². The van der Waals surface area contributed by atoms with Gasteiger partial charge in [-0.1, -0.05) is 188 Å². The van der Waals surface area contributed by atoms with Gasteiger partial charge in [-0.2, -0.15) is 16.8 Å². The molecule has 14 rings (SSSR count). The summed E-state index contributed by atoms with van der Waals surface area (Å²) < 4.78 is 60.1. The standard InChI is InChI=1S/C43H43ClN6O4.C25H33N3O4.C18H11Cl2N3.CH4.2O2S/c1-43(2,3)54-42(52)50(34-17-12-24-48(27-34)41(51)53-29-31-13-6-4-7-14-31)26-30-20-22-32(23-21-30)46-40-45-25-37(44)39(47-40)36-28-49(33-15-8-5-9-16-33)38-19-11-10-18-35(36)38;1-25(2,3)32-24(30)28(16-19-11-13-21(26)14-12-19)22-10-7-15-27(17-22)23(29)31-18-20-8-5-4-6-9-20;19-15-10-21-18(20)22-17(15)14-11-23(12-6-2-1-3-7-12)16-9-5-4-8-13(14)16;;2*1-3-2/h4-11,13-16,18-23,25,28,34H,12,17,24,26-27,29H2,1-3H3,(H,45,46,47);4-6,8-9,11-14,22H,7,10,15-18,26H2,1-3H3;1-11H;1H4;;/t34-;22-;;;;/m11..../s1. The van der Waals surface area contributed by atoms with E-state index in [0.29, 0.717) is 72.3 Å². The molecule has 2 aliphatic rings. The molecule has 0 radical (unpaired) electrons. The number of carbonyl (C=O) groups excluding carboxylic acids is 4. The smallest absolute Gasteiger partial charge is 0.410 e. The lowest BCUT2D eigenvalue weighted by Crippen LogP contribution is -2.52. The highest BCUT2D eigenvalue weighted by atomic mass is 35.5. The van der Waals surface area contributed by atoms with Crippen molar-refractivity contribution in [3.05, 3.63) is 281 Å². The number of nitrogen functional groups attached to an aromatic ring is 1. The number of nitrogens with zero attached hydrogens (tertiary/aromatic N) is 10. The minimum atomic E-state index is -0.750. The third kappa shape index (κ3) is 25.1. The van der Waals surface area contributed by atoms with E-state index < -0.39 is 46.5 Å². The highest BCUT2D eigenvalue weighted by molar-refractivity contribution is 7.52. The van der Waals surface area contributed by atoms with Crippen molar-refractivity contribution >= 4 is 121 Å². The lowest BCUT2D eigenvalue weighted by Gasteiger charge is -2.39. The Morgan fingerprint density at radius 3 is 1.28 bits per heavy atom. The van der Waals surface area contributed by atoms with Crippen molar-refractivity contribution in [1.82, 2.24) is 48.7 Å². The zero-order valence-electron chi connectivity index (χ0n) is 64.1. The van der Waals surface area contributed by atoms with E-state index in [0.717, 1.165) is 97.9 Å². The van der Waals surface area contributed by atoms with Crippen molar-refractivity contribution in [2.24, 2.45) is 0 Å². The zero-order valence-corrected chi connectivity index (χ0v) is 68.0. The Hall–Kier alpha value is -11.8. The van der Waals surface area contributed by atoms with Gasteiger partial charge >= 0.3 is 47.5 Å². The molecule has 2 atom stereocenters. The van der Waals surface area contributed by atoms with Crippen LogP contribution in [0.15, 0.2) is 243 Å². The van der Waals surface area contributed by atoms with Gasteiger partial charge in [-0.25, -0.2) is 39.1 Å². The summed E-state index contributed by atoms with van der Waals surface area (Å²) in [6, 6.07) is 70.6. The molecule has 29 heteroatoms. The Morgan fingerprint density at radius 2 is 0.862 bits per heavy atom. The molecule has 2 aliphatic heterocycles. The third-order valence-electron chi connectivity index (χ3n) is 18.2. The van der Waals surface area contributed by atoms with Crippen LogP contribution in [0.4, 0.5) is 36.5 Å². The Bertz CT molecular complexity index is 5300. The summed E-state index contributed by atoms with van der Waals surface area (Å²) in [6.07, 6.45) is 8.71. The van der Waals surface area contributed by atoms with Crippen LogP contribution in [-0.2, 0) is 68.4 Å². The summed E-state index contributed by atoms with van der Waals surface area (Å²) in [6.45, 7) is 14.1. The Balaban J connectivity index is 0.000000209. The second kappa shape index (κ2) is 42.5. The van der Waals surface area contributed by atoms with Crippen LogP contribution in [0.2, 0.25) is 15.3 Å². The highest BCUT2D eigenvalue weighted by Crippen LogP contribution is 2.38. The maximum absolute atomic E-state index is 13.6. The number of para-hydroxylation sites is 4. The Morgan fingerprint density at radius 1 is 0.491 bits per heavy atom. The van der Waals surface area contributed by atoms with Crippen LogP contribution in [0.1, 0.15) is 96.9 Å². The molecule has 12 aromatic rings. The molecule has 6 heterocycles. The first-order valence-electron chi connectivity index (χ1n) is 36.9. The van der Waals surface area contributed by atoms with Crippen molar-refractivity contribution in [3.63, 3.8) is 0 Å². The van der Waals surface area contributed by atoms with E-state index in [1.54, 1.807) is 25.8 Å². The molecule has 0 aliphatic carbocycles. The van der Waals surface area contributed by atoms with E-state index in [4.69, 9.17) is 81.3 Å². The van der Waals surface area contributed by atoms with Gasteiger partial charge in [0.05, 0.1) is 56.9 Å². The summed E-state index contributed by atoms with van der Waals surface area (Å²) >= 11 is 17.5. The molecule has 2 saturated heterocycles. The predicted octanol–water partition coefficient (Wildman–Crippen LogP) is 19.5. The van der Waals surface area contributed by atoms with Crippen molar-refractivity contribution in [2.45, 2.75) is 124 Å². The van der Waals surface area contributed by atoms with Gasteiger partial charge < -0.3 is 48.9 Å². The van der Waals surface area contributed by atoms with Crippen LogP contribution in [0, 0.1) is 0 Å². The summed E-state index contributed by atoms with van der Waals surface area (Å²) in [7, 11) is 0. The van der Waals surface area contributed by atoms with Gasteiger partial charge in [-0.15, -0.1) is 0 Å². The van der Waals surface area contributed by atoms with E-state index >= 15 is 0 Å². The van der Waals surface area contributed by atoms with Gasteiger partial charge in [-0.05, 0) is 162 Å². The van der Waals surface area contributed by atoms with Crippen LogP contribution >= 0.6 is 34.8 Å². The number of likely N-dealkylation sites (tertiary alicyclic amines) is 2. The fourth-order valence-corrected chi connectivity index (χ4v) is 13.5. The molecular weight excluding hydrogens is 1580 g/mol. The molecule has 116 heavy (non-hydrogen) atoms. The number of hydrogen-bond donors (Lipinski definition) is 2. The molecule has 0 spiro atoms. The lowest BCUT2D eigenvalue weighted by molar-refractivity contribution is 0.00193. The second-order valence-corrected chi connectivity index (χ2v) is 30.2. The van der Waals surface area contributed by atoms with E-state index in [1.807, 2.05) is 218 Å². The highest BCUT2D eigenvalue weighted by Gasteiger charge is 2.36. The molecule has 4 amide bonds. The third-order valence-corrected chi connectivity index (χ3v) is 18.9. The van der Waals surface area contributed by atoms with Gasteiger partial charge in [0.1, 0.15) is 24.4 Å². The van der Waals surface area contributed by atoms with Gasteiger partial charge in [0.15, 0.2) is 0 Å². The van der Waals surface area contributed by atoms with Crippen molar-refractivity contribution in [1.29, 1.82) is 0 Å². The summed E-state index contributed by atoms with van der Waals surface area (Å²) in [5.41, 5.74) is 17.0. The quantitative estimate of drug-likeness (QED) is 0.0516. The number of ether oxygens (including phenoxy) is 4. The van der Waals surface area contributed by atoms with Crippen LogP contribution in [0.5, 0.6) is 0 Å². The lowest BCUT2D eigenvalue weighted by atomic mass is 10.0. The van der Waals surface area contributed by atoms with E-state index in [1.165, 1.54) is 6.20 Å². The summed E-state index contributed by atoms with van der Waals surface area (Å²) in [5, 5.41) is 6.51. The molecule has 0 bridgehead atoms. The molecule has 4 aromatic heterocycles. The molecular formula is C87H91Cl3N12O12S2. The fraction of sp³-hybridized carbons (Fsp3) is 0.264. The minimum absolute atomic E-state index is 0. The minimum Gasteiger partial charge on any atom is -0.445 e. The number of piperidine rings is 2. The molecule has 2 fully saturated rings. The number of fused-ring (bicyclic) bond motifs is 2. The first-order chi connectivity index (χ1) is 55.4. The normalized spacial score (nSPS) is 13.6. The number of anilines is 3. The monoisotopic (exact) mass is 1660 g/mol. The SMILES string of the molecule is C.CC(C)(C)OC(=O)N(Cc1ccc(N)cc1)[C@@H]1CCCN(C(=O)OCc2ccccc2)C1.CC(C)(C)OC(=O)N(Cc1ccc(Nc2ncc(Cl)c(-c3cn(-c4ccccc4)c4ccccc34)n2)cc1)[C@@H]1CCCN(C(=O)OCc2ccccc2)C1.Clc1ncc(Cl)c(-c2cn(-c3ccccc3)c3ccccc23)n1.O=S=O.O=S=O. The van der Waals surface area contributed by atoms with Gasteiger partial charge in [0.2, 0.25) is 11.2 Å². The van der Waals surface area contributed by atoms with Crippen LogP contribution in [0.25, 0.3) is 55.7 Å². The number of benzene rings is 8. The van der Waals surface area contributed by atoms with Crippen molar-refractivity contribution < 1.29 is 55.0 Å². The first-order valence-corrected chi connectivity index (χ1v) is 39.3. The number of nitrogens with two attached hydrogens (primary N) is 1. The number of nitrogens with one attached hydrogen (secondary N) is 1. The summed E-state index contributed by atoms with van der Waals surface area (Å²) in [4.78, 5) is 76.8. The van der Waals surface area contributed by atoms with Crippen LogP contribution in [-0.4, -0.2) is 139 Å². The maximum atomic E-state index is 13.6. The van der Waals surface area contributed by atoms with E-state index in [9.17, 15) is 19.2 Å². The summed E-state index contributed by atoms with van der Waals surface area (Å²) in [5.74, 6) is 0.399. The molecule has 8 aromatic carbocycles. The molecule has 0 unspecified atom stereocenters. The topological polar surface area (TPSA) is 286 Å². The van der Waals surface area contributed by atoms with E-state index in [-0.39, 0.29) is 50.2 Å². The average molecular weight is 1670 g/mol. The molecule has 24 nitrogen and oxygen atoms in total. The molecule has 0 saturated carbocycles. The number of carbonyl (C=O) groups is 4. The molecule has 3 N–H and O–H groups in total. The van der Waals surface area contributed by atoms with Crippen LogP contribution < -0.4 is 11.1 Å². The largest absolute Gasteiger partial charge is 0.445 e. The Labute approximate surface area is 696 Å². The number of halogens is 3. The van der Waals surface area contributed by atoms with Crippen LogP contribution in [0.3, 0.4) is 0 Å². The van der Waals surface area contributed by atoms with Gasteiger partial charge in [0.25, 0.3) is 0 Å². The zero-order chi connectivity index (χ0) is 82.0. The maximum Gasteiger partial charge on any atom is 0.410 e. The fourth-order valence-electron chi connectivity index (χ4n) is 13.0. The second-order valence-electron chi connectivity index (χ2n) is 28.7. The predicted molar refractivity (Wildman–Crippen MR) is 455 cm³/mol. The number of hydrogen-bond acceptors (Lipinski definition) is 18. The first kappa shape index (κ1) is 88.1. The Kier molecular flexibility index (Phi) is 32.3. The van der Waals surface area contributed by atoms with Gasteiger partial charge in [-0.3, -0.25) is 9.80 Å². The number of rotatable bonds is 16. The van der Waals surface area contributed by atoms with Crippen molar-refractivity contribution in [3.8, 4) is 33.9 Å².